The number of hydrogen-bond acceptors (Lipinski definition) is 4. The fourth-order valence-corrected chi connectivity index (χ4v) is 3.47. The summed E-state index contributed by atoms with van der Waals surface area (Å²) < 4.78 is 32.0. The maximum Gasteiger partial charge on any atom is 0.322 e. The third-order valence-corrected chi connectivity index (χ3v) is 4.94. The number of piperidine rings is 1. The highest BCUT2D eigenvalue weighted by molar-refractivity contribution is 5.89. The third kappa shape index (κ3) is 4.11. The molecule has 1 aromatic heterocycles. The second-order valence-corrected chi connectivity index (χ2v) is 7.09. The van der Waals surface area contributed by atoms with E-state index in [0.717, 1.165) is 36.1 Å². The van der Waals surface area contributed by atoms with Crippen molar-refractivity contribution < 1.29 is 18.1 Å². The van der Waals surface area contributed by atoms with E-state index in [0.29, 0.717) is 24.7 Å². The minimum Gasteiger partial charge on any atom is -0.337 e. The highest BCUT2D eigenvalue weighted by atomic mass is 19.2. The summed E-state index contributed by atoms with van der Waals surface area (Å²) in [5.74, 6) is -1.15. The zero-order chi connectivity index (χ0) is 20.4. The zero-order valence-electron chi connectivity index (χ0n) is 15.9. The van der Waals surface area contributed by atoms with E-state index in [1.54, 1.807) is 4.90 Å². The van der Waals surface area contributed by atoms with Crippen molar-refractivity contribution in [3.8, 4) is 11.4 Å². The summed E-state index contributed by atoms with van der Waals surface area (Å²) in [6, 6.07) is 10.2. The standard InChI is InChI=1S/C21H20F2N4O2/c1-13-5-4-6-14(11-13)19-25-20(29-26-19)18-7-2-3-10-27(18)21(28)24-15-8-9-16(22)17(23)12-15/h4-6,8-9,11-12,18H,2-3,7,10H2,1H3,(H,24,28)/t18-/m1/s1. The normalized spacial score (nSPS) is 16.7. The number of aryl methyl sites for hydroxylation is 1. The summed E-state index contributed by atoms with van der Waals surface area (Å²) in [6.07, 6.45) is 2.43. The molecule has 0 bridgehead atoms. The first-order chi connectivity index (χ1) is 14.0. The Hall–Kier alpha value is -3.29. The van der Waals surface area contributed by atoms with Crippen molar-refractivity contribution in [1.82, 2.24) is 15.0 Å². The van der Waals surface area contributed by atoms with E-state index in [1.165, 1.54) is 6.07 Å². The lowest BCUT2D eigenvalue weighted by molar-refractivity contribution is 0.142. The number of aromatic nitrogens is 2. The number of hydrogen-bond donors (Lipinski definition) is 1. The molecule has 0 spiro atoms. The Morgan fingerprint density at radius 2 is 2.03 bits per heavy atom. The number of benzene rings is 2. The van der Waals surface area contributed by atoms with Gasteiger partial charge in [-0.15, -0.1) is 0 Å². The number of carbonyl (C=O) groups is 1. The van der Waals surface area contributed by atoms with E-state index < -0.39 is 17.7 Å². The minimum atomic E-state index is -1.02. The predicted octanol–water partition coefficient (Wildman–Crippen LogP) is 5.08. The number of nitrogens with zero attached hydrogens (tertiary/aromatic N) is 3. The van der Waals surface area contributed by atoms with Gasteiger partial charge in [0.15, 0.2) is 11.6 Å². The number of halogens is 2. The molecule has 3 aromatic rings. The molecule has 6 nitrogen and oxygen atoms in total. The van der Waals surface area contributed by atoms with Crippen LogP contribution in [-0.4, -0.2) is 27.6 Å². The van der Waals surface area contributed by atoms with Crippen LogP contribution in [0.1, 0.15) is 36.8 Å². The number of carbonyl (C=O) groups excluding carboxylic acids is 1. The smallest absolute Gasteiger partial charge is 0.322 e. The molecule has 2 amide bonds. The Balaban J connectivity index is 1.54. The maximum atomic E-state index is 13.4. The highest BCUT2D eigenvalue weighted by Crippen LogP contribution is 2.32. The van der Waals surface area contributed by atoms with E-state index in [2.05, 4.69) is 15.5 Å². The first kappa shape index (κ1) is 19.0. The van der Waals surface area contributed by atoms with Gasteiger partial charge < -0.3 is 14.7 Å². The molecule has 1 fully saturated rings. The molecule has 0 unspecified atom stereocenters. The monoisotopic (exact) mass is 398 g/mol. The van der Waals surface area contributed by atoms with Crippen molar-refractivity contribution in [1.29, 1.82) is 0 Å². The summed E-state index contributed by atoms with van der Waals surface area (Å²) in [5.41, 5.74) is 2.11. The molecule has 150 valence electrons. The molecular formula is C21H20F2N4O2. The van der Waals surface area contributed by atoms with Crippen LogP contribution in [0, 0.1) is 18.6 Å². The third-order valence-electron chi connectivity index (χ3n) is 4.94. The summed E-state index contributed by atoms with van der Waals surface area (Å²) in [4.78, 5) is 18.9. The van der Waals surface area contributed by atoms with Crippen LogP contribution in [0.25, 0.3) is 11.4 Å². The highest BCUT2D eigenvalue weighted by Gasteiger charge is 2.32. The maximum absolute atomic E-state index is 13.4. The van der Waals surface area contributed by atoms with Gasteiger partial charge in [-0.1, -0.05) is 28.9 Å². The molecule has 4 rings (SSSR count). The lowest BCUT2D eigenvalue weighted by atomic mass is 10.0. The summed E-state index contributed by atoms with van der Waals surface area (Å²) in [6.45, 7) is 2.48. The Bertz CT molecular complexity index is 1040. The van der Waals surface area contributed by atoms with Gasteiger partial charge in [0.25, 0.3) is 0 Å². The van der Waals surface area contributed by atoms with E-state index >= 15 is 0 Å². The van der Waals surface area contributed by atoms with Crippen molar-refractivity contribution in [2.45, 2.75) is 32.2 Å². The Labute approximate surface area is 166 Å². The molecule has 2 heterocycles. The SMILES string of the molecule is Cc1cccc(-c2noc([C@H]3CCCCN3C(=O)Nc3ccc(F)c(F)c3)n2)c1. The van der Waals surface area contributed by atoms with Gasteiger partial charge in [0, 0.05) is 23.9 Å². The van der Waals surface area contributed by atoms with Crippen molar-refractivity contribution in [2.24, 2.45) is 0 Å². The molecule has 1 N–H and O–H groups in total. The fourth-order valence-electron chi connectivity index (χ4n) is 3.47. The predicted molar refractivity (Wildman–Crippen MR) is 103 cm³/mol. The first-order valence-electron chi connectivity index (χ1n) is 9.44. The summed E-state index contributed by atoms with van der Waals surface area (Å²) >= 11 is 0. The number of likely N-dealkylation sites (tertiary alicyclic amines) is 1. The first-order valence-corrected chi connectivity index (χ1v) is 9.44. The van der Waals surface area contributed by atoms with Crippen LogP contribution in [-0.2, 0) is 0 Å². The molecule has 8 heteroatoms. The lowest BCUT2D eigenvalue weighted by Crippen LogP contribution is -2.41. The van der Waals surface area contributed by atoms with Gasteiger partial charge in [0.05, 0.1) is 0 Å². The average molecular weight is 398 g/mol. The van der Waals surface area contributed by atoms with Crippen molar-refractivity contribution in [3.05, 3.63) is 65.6 Å². The largest absolute Gasteiger partial charge is 0.337 e. The molecule has 2 aromatic carbocycles. The topological polar surface area (TPSA) is 71.3 Å². The van der Waals surface area contributed by atoms with Crippen molar-refractivity contribution in [3.63, 3.8) is 0 Å². The summed E-state index contributed by atoms with van der Waals surface area (Å²) in [5, 5.41) is 6.68. The number of rotatable bonds is 3. The van der Waals surface area contributed by atoms with Gasteiger partial charge in [-0.3, -0.25) is 0 Å². The number of nitrogens with one attached hydrogen (secondary N) is 1. The van der Waals surface area contributed by atoms with Crippen LogP contribution in [0.3, 0.4) is 0 Å². The molecule has 1 aliphatic rings. The van der Waals surface area contributed by atoms with Crippen LogP contribution in [0.15, 0.2) is 47.0 Å². The van der Waals surface area contributed by atoms with E-state index in [4.69, 9.17) is 4.52 Å². The number of amides is 2. The van der Waals surface area contributed by atoms with E-state index in [1.807, 2.05) is 31.2 Å². The molecule has 0 radical (unpaired) electrons. The quantitative estimate of drug-likeness (QED) is 0.668. The fraction of sp³-hybridized carbons (Fsp3) is 0.286. The van der Waals surface area contributed by atoms with E-state index in [-0.39, 0.29) is 11.7 Å². The molecule has 29 heavy (non-hydrogen) atoms. The lowest BCUT2D eigenvalue weighted by Gasteiger charge is -2.33. The van der Waals surface area contributed by atoms with Crippen molar-refractivity contribution in [2.75, 3.05) is 11.9 Å². The van der Waals surface area contributed by atoms with Gasteiger partial charge in [-0.25, -0.2) is 13.6 Å². The second kappa shape index (κ2) is 7.98. The van der Waals surface area contributed by atoms with Crippen LogP contribution in [0.4, 0.5) is 19.3 Å². The summed E-state index contributed by atoms with van der Waals surface area (Å²) in [7, 11) is 0. The van der Waals surface area contributed by atoms with Gasteiger partial charge in [0.2, 0.25) is 11.7 Å². The minimum absolute atomic E-state index is 0.184. The Morgan fingerprint density at radius 1 is 1.17 bits per heavy atom. The zero-order valence-corrected chi connectivity index (χ0v) is 15.9. The molecule has 1 atom stereocenters. The van der Waals surface area contributed by atoms with Gasteiger partial charge >= 0.3 is 6.03 Å². The average Bonchev–Trinajstić information content (AvgIpc) is 3.21. The second-order valence-electron chi connectivity index (χ2n) is 7.09. The number of anilines is 1. The molecule has 0 aliphatic carbocycles. The van der Waals surface area contributed by atoms with Gasteiger partial charge in [-0.2, -0.15) is 4.98 Å². The molecule has 1 saturated heterocycles. The van der Waals surface area contributed by atoms with Gasteiger partial charge in [0.1, 0.15) is 6.04 Å². The van der Waals surface area contributed by atoms with Gasteiger partial charge in [-0.05, 0) is 44.4 Å². The molecular weight excluding hydrogens is 378 g/mol. The van der Waals surface area contributed by atoms with E-state index in [9.17, 15) is 13.6 Å². The van der Waals surface area contributed by atoms with Crippen LogP contribution in [0.2, 0.25) is 0 Å². The van der Waals surface area contributed by atoms with Crippen LogP contribution in [0.5, 0.6) is 0 Å². The molecule has 1 aliphatic heterocycles. The Kier molecular flexibility index (Phi) is 5.24. The Morgan fingerprint density at radius 3 is 2.83 bits per heavy atom. The van der Waals surface area contributed by atoms with Crippen molar-refractivity contribution >= 4 is 11.7 Å². The van der Waals surface area contributed by atoms with Crippen LogP contribution < -0.4 is 5.32 Å². The number of urea groups is 1. The van der Waals surface area contributed by atoms with Crippen LogP contribution >= 0.6 is 0 Å². The molecule has 0 saturated carbocycles.